The molecular weight excluding hydrogens is 242 g/mol. The third kappa shape index (κ3) is 2.58. The molecule has 1 aliphatic rings. The maximum Gasteiger partial charge on any atom is 0.347 e. The van der Waals surface area contributed by atoms with Crippen molar-refractivity contribution >= 4 is 23.7 Å². The minimum Gasteiger partial charge on any atom is -0.463 e. The first-order valence-electron chi connectivity index (χ1n) is 5.09. The summed E-state index contributed by atoms with van der Waals surface area (Å²) in [4.78, 5) is 27.1. The summed E-state index contributed by atoms with van der Waals surface area (Å²) in [6.07, 6.45) is 3.06. The highest BCUT2D eigenvalue weighted by molar-refractivity contribution is 7.98. The Bertz CT molecular complexity index is 449. The van der Waals surface area contributed by atoms with Crippen LogP contribution in [0, 0.1) is 0 Å². The summed E-state index contributed by atoms with van der Waals surface area (Å²) >= 11 is 1.35. The van der Waals surface area contributed by atoms with Crippen LogP contribution in [0.25, 0.3) is 0 Å². The molecule has 0 spiro atoms. The van der Waals surface area contributed by atoms with Crippen LogP contribution >= 0.6 is 11.8 Å². The molecule has 5 nitrogen and oxygen atoms in total. The van der Waals surface area contributed by atoms with Gasteiger partial charge in [0.25, 0.3) is 0 Å². The highest BCUT2D eigenvalue weighted by atomic mass is 32.2. The number of pyridine rings is 1. The standard InChI is InChI=1S/C11H11NO4S/c1-17-9-7(3-2-5-12-9)10(13)16-8-4-6-15-11(8)14/h2-3,5,8H,4,6H2,1H3/t8-/m0/s1. The summed E-state index contributed by atoms with van der Waals surface area (Å²) < 4.78 is 9.81. The van der Waals surface area contributed by atoms with Crippen LogP contribution in [0.5, 0.6) is 0 Å². The van der Waals surface area contributed by atoms with Crippen molar-refractivity contribution in [3.05, 3.63) is 23.9 Å². The number of carbonyl (C=O) groups is 2. The topological polar surface area (TPSA) is 65.5 Å². The van der Waals surface area contributed by atoms with Crippen LogP contribution in [0.1, 0.15) is 16.8 Å². The zero-order chi connectivity index (χ0) is 12.3. The molecule has 0 unspecified atom stereocenters. The van der Waals surface area contributed by atoms with Crippen molar-refractivity contribution in [2.75, 3.05) is 12.9 Å². The van der Waals surface area contributed by atoms with E-state index in [4.69, 9.17) is 9.47 Å². The maximum atomic E-state index is 11.8. The predicted octanol–water partition coefficient (Wildman–Crippen LogP) is 1.28. The van der Waals surface area contributed by atoms with E-state index < -0.39 is 18.0 Å². The van der Waals surface area contributed by atoms with Crippen LogP contribution in [-0.4, -0.2) is 35.9 Å². The molecular formula is C11H11NO4S. The fourth-order valence-corrected chi connectivity index (χ4v) is 2.02. The van der Waals surface area contributed by atoms with Crippen molar-refractivity contribution in [3.63, 3.8) is 0 Å². The third-order valence-corrected chi connectivity index (χ3v) is 3.03. The second-order valence-corrected chi connectivity index (χ2v) is 4.21. The maximum absolute atomic E-state index is 11.8. The fraction of sp³-hybridized carbons (Fsp3) is 0.364. The highest BCUT2D eigenvalue weighted by Gasteiger charge is 2.31. The average Bonchev–Trinajstić information content (AvgIpc) is 2.75. The zero-order valence-electron chi connectivity index (χ0n) is 9.21. The molecule has 0 bridgehead atoms. The van der Waals surface area contributed by atoms with Crippen molar-refractivity contribution in [2.24, 2.45) is 0 Å². The molecule has 17 heavy (non-hydrogen) atoms. The highest BCUT2D eigenvalue weighted by Crippen LogP contribution is 2.20. The number of thioether (sulfide) groups is 1. The molecule has 2 rings (SSSR count). The van der Waals surface area contributed by atoms with Gasteiger partial charge in [-0.15, -0.1) is 11.8 Å². The van der Waals surface area contributed by atoms with Gasteiger partial charge in [0.1, 0.15) is 5.03 Å². The molecule has 1 fully saturated rings. The number of hydrogen-bond donors (Lipinski definition) is 0. The van der Waals surface area contributed by atoms with Gasteiger partial charge in [-0.2, -0.15) is 0 Å². The van der Waals surface area contributed by atoms with E-state index in [-0.39, 0.29) is 0 Å². The van der Waals surface area contributed by atoms with Gasteiger partial charge < -0.3 is 9.47 Å². The molecule has 0 N–H and O–H groups in total. The van der Waals surface area contributed by atoms with E-state index in [0.717, 1.165) is 0 Å². The lowest BCUT2D eigenvalue weighted by Crippen LogP contribution is -2.23. The van der Waals surface area contributed by atoms with Crippen LogP contribution in [0.3, 0.4) is 0 Å². The lowest BCUT2D eigenvalue weighted by Gasteiger charge is -2.09. The van der Waals surface area contributed by atoms with Gasteiger partial charge in [-0.25, -0.2) is 14.6 Å². The molecule has 1 atom stereocenters. The summed E-state index contributed by atoms with van der Waals surface area (Å²) in [7, 11) is 0. The van der Waals surface area contributed by atoms with Crippen LogP contribution < -0.4 is 0 Å². The van der Waals surface area contributed by atoms with Crippen LogP contribution in [0.4, 0.5) is 0 Å². The lowest BCUT2D eigenvalue weighted by atomic mass is 10.2. The molecule has 1 aliphatic heterocycles. The largest absolute Gasteiger partial charge is 0.463 e. The quantitative estimate of drug-likeness (QED) is 0.597. The van der Waals surface area contributed by atoms with E-state index in [9.17, 15) is 9.59 Å². The number of nitrogens with zero attached hydrogens (tertiary/aromatic N) is 1. The van der Waals surface area contributed by atoms with E-state index in [0.29, 0.717) is 23.6 Å². The molecule has 1 aromatic rings. The Morgan fingerprint density at radius 2 is 2.47 bits per heavy atom. The van der Waals surface area contributed by atoms with Gasteiger partial charge in [-0.05, 0) is 18.4 Å². The Labute approximate surface area is 103 Å². The first-order chi connectivity index (χ1) is 8.22. The van der Waals surface area contributed by atoms with Crippen molar-refractivity contribution in [1.82, 2.24) is 4.98 Å². The molecule has 1 saturated heterocycles. The lowest BCUT2D eigenvalue weighted by molar-refractivity contribution is -0.145. The van der Waals surface area contributed by atoms with Crippen molar-refractivity contribution in [3.8, 4) is 0 Å². The summed E-state index contributed by atoms with van der Waals surface area (Å²) in [5.74, 6) is -1.01. The number of aromatic nitrogens is 1. The second kappa shape index (κ2) is 5.18. The smallest absolute Gasteiger partial charge is 0.347 e. The summed E-state index contributed by atoms with van der Waals surface area (Å²) in [6.45, 7) is 0.305. The zero-order valence-corrected chi connectivity index (χ0v) is 10.0. The van der Waals surface area contributed by atoms with E-state index in [2.05, 4.69) is 4.98 Å². The van der Waals surface area contributed by atoms with Crippen LogP contribution in [0.2, 0.25) is 0 Å². The van der Waals surface area contributed by atoms with Gasteiger partial charge >= 0.3 is 11.9 Å². The van der Waals surface area contributed by atoms with Gasteiger partial charge in [-0.3, -0.25) is 0 Å². The molecule has 0 aliphatic carbocycles. The fourth-order valence-electron chi connectivity index (χ4n) is 1.49. The third-order valence-electron chi connectivity index (χ3n) is 2.32. The van der Waals surface area contributed by atoms with Crippen molar-refractivity contribution < 1.29 is 19.1 Å². The predicted molar refractivity (Wildman–Crippen MR) is 60.8 cm³/mol. The molecule has 0 radical (unpaired) electrons. The van der Waals surface area contributed by atoms with Gasteiger partial charge in [0, 0.05) is 12.6 Å². The minimum atomic E-state index is -0.780. The van der Waals surface area contributed by atoms with Crippen LogP contribution in [0.15, 0.2) is 23.4 Å². The summed E-state index contributed by atoms with van der Waals surface area (Å²) in [6, 6.07) is 3.28. The normalized spacial score (nSPS) is 18.9. The Morgan fingerprint density at radius 1 is 1.65 bits per heavy atom. The molecule has 2 heterocycles. The number of ether oxygens (including phenoxy) is 2. The average molecular weight is 253 g/mol. The SMILES string of the molecule is CSc1ncccc1C(=O)O[C@H]1CCOC1=O. The Kier molecular flexibility index (Phi) is 3.63. The van der Waals surface area contributed by atoms with Gasteiger partial charge in [0.15, 0.2) is 0 Å². The molecule has 6 heteroatoms. The summed E-state index contributed by atoms with van der Waals surface area (Å²) in [5, 5.41) is 0.587. The Balaban J connectivity index is 2.11. The molecule has 0 aromatic carbocycles. The Hall–Kier alpha value is -1.56. The van der Waals surface area contributed by atoms with Crippen molar-refractivity contribution in [2.45, 2.75) is 17.6 Å². The first-order valence-corrected chi connectivity index (χ1v) is 6.31. The summed E-state index contributed by atoms with van der Waals surface area (Å²) in [5.41, 5.74) is 0.375. The Morgan fingerprint density at radius 3 is 3.12 bits per heavy atom. The molecule has 90 valence electrons. The number of hydrogen-bond acceptors (Lipinski definition) is 6. The monoisotopic (exact) mass is 253 g/mol. The molecule has 1 aromatic heterocycles. The second-order valence-electron chi connectivity index (χ2n) is 3.41. The van der Waals surface area contributed by atoms with Gasteiger partial charge in [0.05, 0.1) is 12.2 Å². The van der Waals surface area contributed by atoms with E-state index in [1.54, 1.807) is 18.3 Å². The van der Waals surface area contributed by atoms with E-state index in [1.807, 2.05) is 6.26 Å². The number of carbonyl (C=O) groups excluding carboxylic acids is 2. The number of esters is 2. The van der Waals surface area contributed by atoms with Crippen molar-refractivity contribution in [1.29, 1.82) is 0 Å². The van der Waals surface area contributed by atoms with E-state index >= 15 is 0 Å². The van der Waals surface area contributed by atoms with E-state index in [1.165, 1.54) is 11.8 Å². The first kappa shape index (κ1) is 11.9. The van der Waals surface area contributed by atoms with Gasteiger partial charge in [-0.1, -0.05) is 0 Å². The van der Waals surface area contributed by atoms with Crippen LogP contribution in [-0.2, 0) is 14.3 Å². The number of cyclic esters (lactones) is 1. The molecule has 0 saturated carbocycles. The molecule has 0 amide bonds. The number of rotatable bonds is 3. The minimum absolute atomic E-state index is 0.305. The van der Waals surface area contributed by atoms with Gasteiger partial charge in [0.2, 0.25) is 6.10 Å².